The number of carbonyl (C=O) groups excluding carboxylic acids is 1. The minimum atomic E-state index is -3.57. The number of anilines is 1. The molecule has 3 heterocycles. The maximum atomic E-state index is 12.6. The number of nitriles is 1. The zero-order chi connectivity index (χ0) is 19.8. The third-order valence-electron chi connectivity index (χ3n) is 4.70. The van der Waals surface area contributed by atoms with Gasteiger partial charge in [0.25, 0.3) is 10.0 Å². The van der Waals surface area contributed by atoms with E-state index in [0.717, 1.165) is 21.8 Å². The van der Waals surface area contributed by atoms with Gasteiger partial charge in [-0.1, -0.05) is 11.6 Å². The van der Waals surface area contributed by atoms with Crippen molar-refractivity contribution in [1.82, 2.24) is 4.31 Å². The number of aryl methyl sites for hydroxylation is 1. The monoisotopic (exact) mass is 443 g/mol. The molecule has 1 amide bonds. The van der Waals surface area contributed by atoms with E-state index in [9.17, 15) is 18.5 Å². The molecule has 1 aliphatic heterocycles. The average Bonchev–Trinajstić information content (AvgIpc) is 3.19. The minimum Gasteiger partial charge on any atom is -0.316 e. The lowest BCUT2D eigenvalue weighted by molar-refractivity contribution is -0.120. The highest BCUT2D eigenvalue weighted by Gasteiger charge is 2.33. The molecule has 1 aliphatic rings. The molecule has 0 aliphatic carbocycles. The lowest BCUT2D eigenvalue weighted by Crippen LogP contribution is -2.41. The molecule has 1 saturated heterocycles. The average molecular weight is 444 g/mol. The Morgan fingerprint density at radius 3 is 2.52 bits per heavy atom. The minimum absolute atomic E-state index is 0.163. The largest absolute Gasteiger partial charge is 0.316 e. The van der Waals surface area contributed by atoms with E-state index in [4.69, 9.17) is 11.6 Å². The molecule has 0 spiro atoms. The summed E-state index contributed by atoms with van der Waals surface area (Å²) in [5.74, 6) is -0.443. The standard InChI is InChI=1S/C17H18ClN3O3S3/c1-10-11(2)25-17(13(10)9-19)20-16(22)12-5-7-21(8-6-12)27(23,24)15-4-3-14(18)26-15/h3-4,12H,5-8H2,1-2H3,(H,20,22). The van der Waals surface area contributed by atoms with Gasteiger partial charge in [0, 0.05) is 23.9 Å². The van der Waals surface area contributed by atoms with Gasteiger partial charge in [0.15, 0.2) is 0 Å². The van der Waals surface area contributed by atoms with E-state index in [1.54, 1.807) is 6.07 Å². The fraction of sp³-hybridized carbons (Fsp3) is 0.412. The van der Waals surface area contributed by atoms with Crippen LogP contribution in [0.25, 0.3) is 0 Å². The molecule has 1 N–H and O–H groups in total. The molecule has 6 nitrogen and oxygen atoms in total. The van der Waals surface area contributed by atoms with E-state index in [-0.39, 0.29) is 29.1 Å². The van der Waals surface area contributed by atoms with Crippen LogP contribution in [0.1, 0.15) is 28.8 Å². The summed E-state index contributed by atoms with van der Waals surface area (Å²) in [4.78, 5) is 13.6. The second-order valence-corrected chi connectivity index (χ2v) is 11.4. The number of halogens is 1. The highest BCUT2D eigenvalue weighted by atomic mass is 35.5. The van der Waals surface area contributed by atoms with Gasteiger partial charge in [-0.15, -0.1) is 22.7 Å². The van der Waals surface area contributed by atoms with E-state index < -0.39 is 10.0 Å². The predicted octanol–water partition coefficient (Wildman–Crippen LogP) is 3.99. The Morgan fingerprint density at radius 1 is 1.30 bits per heavy atom. The first-order chi connectivity index (χ1) is 12.7. The molecule has 0 aromatic carbocycles. The van der Waals surface area contributed by atoms with Crippen molar-refractivity contribution >= 4 is 55.2 Å². The summed E-state index contributed by atoms with van der Waals surface area (Å²) < 4.78 is 27.3. The molecule has 144 valence electrons. The second-order valence-electron chi connectivity index (χ2n) is 6.33. The van der Waals surface area contributed by atoms with Gasteiger partial charge in [-0.3, -0.25) is 4.79 Å². The first kappa shape index (κ1) is 20.3. The fourth-order valence-corrected chi connectivity index (χ4v) is 7.11. The van der Waals surface area contributed by atoms with Gasteiger partial charge in [-0.25, -0.2) is 8.42 Å². The van der Waals surface area contributed by atoms with Crippen LogP contribution in [-0.2, 0) is 14.8 Å². The van der Waals surface area contributed by atoms with Crippen LogP contribution >= 0.6 is 34.3 Å². The summed E-state index contributed by atoms with van der Waals surface area (Å²) in [7, 11) is -3.57. The summed E-state index contributed by atoms with van der Waals surface area (Å²) in [6.45, 7) is 4.34. The Hall–Kier alpha value is -1.44. The molecule has 1 fully saturated rings. The van der Waals surface area contributed by atoms with Crippen molar-refractivity contribution in [2.45, 2.75) is 30.9 Å². The second kappa shape index (κ2) is 7.89. The van der Waals surface area contributed by atoms with Gasteiger partial charge >= 0.3 is 0 Å². The maximum absolute atomic E-state index is 12.6. The molecule has 2 aromatic heterocycles. The molecular weight excluding hydrogens is 426 g/mol. The van der Waals surface area contributed by atoms with Gasteiger partial charge in [-0.05, 0) is 44.4 Å². The number of amides is 1. The van der Waals surface area contributed by atoms with Crippen LogP contribution in [0.15, 0.2) is 16.3 Å². The number of rotatable bonds is 4. The number of piperidine rings is 1. The smallest absolute Gasteiger partial charge is 0.252 e. The molecule has 0 radical (unpaired) electrons. The topological polar surface area (TPSA) is 90.3 Å². The Balaban J connectivity index is 1.65. The highest BCUT2D eigenvalue weighted by Crippen LogP contribution is 2.34. The number of nitrogens with one attached hydrogen (secondary N) is 1. The van der Waals surface area contributed by atoms with Gasteiger partial charge in [-0.2, -0.15) is 9.57 Å². The van der Waals surface area contributed by atoms with Gasteiger partial charge in [0.05, 0.1) is 9.90 Å². The van der Waals surface area contributed by atoms with Crippen LogP contribution in [0, 0.1) is 31.1 Å². The highest BCUT2D eigenvalue weighted by molar-refractivity contribution is 7.91. The zero-order valence-corrected chi connectivity index (χ0v) is 18.0. The Morgan fingerprint density at radius 2 is 1.96 bits per heavy atom. The van der Waals surface area contributed by atoms with Crippen molar-refractivity contribution in [3.63, 3.8) is 0 Å². The van der Waals surface area contributed by atoms with Crippen molar-refractivity contribution in [2.24, 2.45) is 5.92 Å². The van der Waals surface area contributed by atoms with Crippen molar-refractivity contribution in [2.75, 3.05) is 18.4 Å². The Kier molecular flexibility index (Phi) is 5.93. The van der Waals surface area contributed by atoms with Crippen LogP contribution in [0.4, 0.5) is 5.00 Å². The van der Waals surface area contributed by atoms with E-state index in [1.807, 2.05) is 13.8 Å². The molecule has 3 rings (SSSR count). The van der Waals surface area contributed by atoms with Crippen LogP contribution in [0.3, 0.4) is 0 Å². The molecular formula is C17H18ClN3O3S3. The molecule has 0 atom stereocenters. The van der Waals surface area contributed by atoms with Crippen molar-refractivity contribution in [3.8, 4) is 6.07 Å². The summed E-state index contributed by atoms with van der Waals surface area (Å²) >= 11 is 8.27. The molecule has 27 heavy (non-hydrogen) atoms. The van der Waals surface area contributed by atoms with E-state index in [0.29, 0.717) is 27.7 Å². The first-order valence-corrected chi connectivity index (χ1v) is 11.8. The quantitative estimate of drug-likeness (QED) is 0.773. The van der Waals surface area contributed by atoms with Crippen molar-refractivity contribution in [1.29, 1.82) is 5.26 Å². The molecule has 0 saturated carbocycles. The normalized spacial score (nSPS) is 16.2. The molecule has 0 unspecified atom stereocenters. The summed E-state index contributed by atoms with van der Waals surface area (Å²) in [5.41, 5.74) is 1.38. The Labute approximate surface area is 171 Å². The number of hydrogen-bond donors (Lipinski definition) is 1. The van der Waals surface area contributed by atoms with E-state index in [1.165, 1.54) is 21.7 Å². The zero-order valence-electron chi connectivity index (χ0n) is 14.8. The van der Waals surface area contributed by atoms with Crippen LogP contribution < -0.4 is 5.32 Å². The summed E-state index contributed by atoms with van der Waals surface area (Å²) in [6, 6.07) is 5.21. The SMILES string of the molecule is Cc1sc(NC(=O)C2CCN(S(=O)(=O)c3ccc(Cl)s3)CC2)c(C#N)c1C. The fourth-order valence-electron chi connectivity index (χ4n) is 2.99. The third-order valence-corrected chi connectivity index (χ3v) is 9.42. The number of thiophene rings is 2. The van der Waals surface area contributed by atoms with Gasteiger partial charge in [0.2, 0.25) is 5.91 Å². The van der Waals surface area contributed by atoms with Crippen LogP contribution in [-0.4, -0.2) is 31.7 Å². The number of sulfonamides is 1. The van der Waals surface area contributed by atoms with Crippen molar-refractivity contribution in [3.05, 3.63) is 32.5 Å². The number of carbonyl (C=O) groups is 1. The van der Waals surface area contributed by atoms with Gasteiger partial charge in [0.1, 0.15) is 15.3 Å². The maximum Gasteiger partial charge on any atom is 0.252 e. The third kappa shape index (κ3) is 4.05. The molecule has 0 bridgehead atoms. The van der Waals surface area contributed by atoms with Crippen LogP contribution in [0.2, 0.25) is 4.34 Å². The van der Waals surface area contributed by atoms with E-state index in [2.05, 4.69) is 11.4 Å². The predicted molar refractivity (Wildman–Crippen MR) is 108 cm³/mol. The summed E-state index contributed by atoms with van der Waals surface area (Å²) in [5, 5.41) is 12.7. The number of nitrogens with zero attached hydrogens (tertiary/aromatic N) is 2. The summed E-state index contributed by atoms with van der Waals surface area (Å²) in [6.07, 6.45) is 0.880. The van der Waals surface area contributed by atoms with Crippen molar-refractivity contribution < 1.29 is 13.2 Å². The molecule has 2 aromatic rings. The molecule has 10 heteroatoms. The lowest BCUT2D eigenvalue weighted by atomic mass is 9.97. The number of hydrogen-bond acceptors (Lipinski definition) is 6. The van der Waals surface area contributed by atoms with Gasteiger partial charge < -0.3 is 5.32 Å². The van der Waals surface area contributed by atoms with E-state index >= 15 is 0 Å². The Bertz CT molecular complexity index is 1010. The van der Waals surface area contributed by atoms with Crippen LogP contribution in [0.5, 0.6) is 0 Å². The first-order valence-electron chi connectivity index (χ1n) is 8.30. The lowest BCUT2D eigenvalue weighted by Gasteiger charge is -2.30.